The first-order valence-corrected chi connectivity index (χ1v) is 17.0. The molecule has 0 aromatic carbocycles. The SMILES string of the molecule is CCCCCCCCCCCCC(CCCC(=O)OCCCCCCCC)C(=O)OCCCCCCCC. The van der Waals surface area contributed by atoms with Crippen LogP contribution in [-0.2, 0) is 19.1 Å². The summed E-state index contributed by atoms with van der Waals surface area (Å²) in [5, 5.41) is 0. The van der Waals surface area contributed by atoms with E-state index < -0.39 is 0 Å². The highest BCUT2D eigenvalue weighted by molar-refractivity contribution is 5.72. The number of unbranched alkanes of at least 4 members (excludes halogenated alkanes) is 19. The van der Waals surface area contributed by atoms with Gasteiger partial charge in [0.1, 0.15) is 0 Å². The van der Waals surface area contributed by atoms with E-state index in [0.717, 1.165) is 44.9 Å². The van der Waals surface area contributed by atoms with Crippen LogP contribution in [0.5, 0.6) is 0 Å². The van der Waals surface area contributed by atoms with Gasteiger partial charge >= 0.3 is 11.9 Å². The molecule has 0 heterocycles. The maximum absolute atomic E-state index is 12.8. The number of ether oxygens (including phenoxy) is 2. The highest BCUT2D eigenvalue weighted by Crippen LogP contribution is 2.21. The first-order chi connectivity index (χ1) is 18.7. The summed E-state index contributed by atoms with van der Waals surface area (Å²) in [6.07, 6.45) is 30.0. The van der Waals surface area contributed by atoms with Gasteiger partial charge in [0.25, 0.3) is 0 Å². The fourth-order valence-electron chi connectivity index (χ4n) is 5.06. The molecule has 0 aliphatic rings. The Morgan fingerprint density at radius 3 is 1.29 bits per heavy atom. The molecule has 0 saturated heterocycles. The lowest BCUT2D eigenvalue weighted by Crippen LogP contribution is -2.19. The second-order valence-electron chi connectivity index (χ2n) is 11.5. The lowest BCUT2D eigenvalue weighted by Gasteiger charge is -2.16. The van der Waals surface area contributed by atoms with Crippen molar-refractivity contribution in [1.29, 1.82) is 0 Å². The molecule has 0 aliphatic heterocycles. The molecule has 1 atom stereocenters. The summed E-state index contributed by atoms with van der Waals surface area (Å²) in [4.78, 5) is 25.0. The zero-order valence-corrected chi connectivity index (χ0v) is 26.0. The average Bonchev–Trinajstić information content (AvgIpc) is 2.92. The lowest BCUT2D eigenvalue weighted by molar-refractivity contribution is -0.150. The molecule has 0 rings (SSSR count). The average molecular weight is 539 g/mol. The molecule has 0 fully saturated rings. The summed E-state index contributed by atoms with van der Waals surface area (Å²) >= 11 is 0. The molecule has 0 amide bonds. The van der Waals surface area contributed by atoms with Crippen LogP contribution >= 0.6 is 0 Å². The summed E-state index contributed by atoms with van der Waals surface area (Å²) in [6.45, 7) is 7.79. The van der Waals surface area contributed by atoms with E-state index in [9.17, 15) is 9.59 Å². The Bertz CT molecular complexity index is 505. The molecule has 38 heavy (non-hydrogen) atoms. The number of hydrogen-bond donors (Lipinski definition) is 0. The van der Waals surface area contributed by atoms with E-state index in [1.54, 1.807) is 0 Å². The van der Waals surface area contributed by atoms with Crippen LogP contribution in [0.2, 0.25) is 0 Å². The Morgan fingerprint density at radius 2 is 0.816 bits per heavy atom. The number of carbonyl (C=O) groups excluding carboxylic acids is 2. The molecule has 0 saturated carbocycles. The third-order valence-corrected chi connectivity index (χ3v) is 7.68. The van der Waals surface area contributed by atoms with Crippen LogP contribution in [0.3, 0.4) is 0 Å². The van der Waals surface area contributed by atoms with Crippen LogP contribution < -0.4 is 0 Å². The Hall–Kier alpha value is -1.06. The quantitative estimate of drug-likeness (QED) is 0.0674. The number of hydrogen-bond acceptors (Lipinski definition) is 4. The van der Waals surface area contributed by atoms with E-state index >= 15 is 0 Å². The standard InChI is InChI=1S/C34H66O4/c1-4-7-10-13-16-17-18-19-20-23-27-32(34(36)38-31-25-22-15-12-9-6-3)28-26-29-33(35)37-30-24-21-14-11-8-5-2/h32H,4-31H2,1-3H3. The van der Waals surface area contributed by atoms with Crippen LogP contribution in [0, 0.1) is 5.92 Å². The molecule has 4 nitrogen and oxygen atoms in total. The molecule has 226 valence electrons. The van der Waals surface area contributed by atoms with E-state index in [1.807, 2.05) is 0 Å². The van der Waals surface area contributed by atoms with Crippen LogP contribution in [0.1, 0.15) is 188 Å². The number of esters is 2. The van der Waals surface area contributed by atoms with Gasteiger partial charge in [-0.05, 0) is 32.1 Å². The molecule has 0 bridgehead atoms. The number of carbonyl (C=O) groups is 2. The van der Waals surface area contributed by atoms with Crippen LogP contribution in [0.4, 0.5) is 0 Å². The first-order valence-electron chi connectivity index (χ1n) is 17.0. The van der Waals surface area contributed by atoms with Crippen molar-refractivity contribution in [2.75, 3.05) is 13.2 Å². The minimum atomic E-state index is -0.114. The van der Waals surface area contributed by atoms with Crippen molar-refractivity contribution >= 4 is 11.9 Å². The van der Waals surface area contributed by atoms with Gasteiger partial charge in [0.15, 0.2) is 0 Å². The van der Waals surface area contributed by atoms with E-state index in [4.69, 9.17) is 9.47 Å². The minimum absolute atomic E-state index is 0.0464. The monoisotopic (exact) mass is 538 g/mol. The maximum atomic E-state index is 12.8. The van der Waals surface area contributed by atoms with Gasteiger partial charge in [0, 0.05) is 6.42 Å². The summed E-state index contributed by atoms with van der Waals surface area (Å²) < 4.78 is 11.1. The van der Waals surface area contributed by atoms with Crippen molar-refractivity contribution in [3.8, 4) is 0 Å². The highest BCUT2D eigenvalue weighted by atomic mass is 16.5. The van der Waals surface area contributed by atoms with Crippen molar-refractivity contribution < 1.29 is 19.1 Å². The predicted octanol–water partition coefficient (Wildman–Crippen LogP) is 10.9. The molecule has 0 radical (unpaired) electrons. The van der Waals surface area contributed by atoms with Gasteiger partial charge in [-0.25, -0.2) is 0 Å². The largest absolute Gasteiger partial charge is 0.466 e. The molecule has 0 aliphatic carbocycles. The van der Waals surface area contributed by atoms with Crippen LogP contribution in [0.25, 0.3) is 0 Å². The molecular weight excluding hydrogens is 472 g/mol. The third-order valence-electron chi connectivity index (χ3n) is 7.68. The molecular formula is C34H66O4. The highest BCUT2D eigenvalue weighted by Gasteiger charge is 2.20. The first kappa shape index (κ1) is 36.9. The van der Waals surface area contributed by atoms with Gasteiger partial charge in [-0.3, -0.25) is 9.59 Å². The Morgan fingerprint density at radius 1 is 0.447 bits per heavy atom. The van der Waals surface area contributed by atoms with Crippen molar-refractivity contribution in [2.24, 2.45) is 5.92 Å². The van der Waals surface area contributed by atoms with E-state index in [-0.39, 0.29) is 17.9 Å². The molecule has 0 aromatic heterocycles. The number of rotatable bonds is 30. The van der Waals surface area contributed by atoms with E-state index in [1.165, 1.54) is 109 Å². The van der Waals surface area contributed by atoms with E-state index in [0.29, 0.717) is 26.1 Å². The zero-order chi connectivity index (χ0) is 27.9. The van der Waals surface area contributed by atoms with Gasteiger partial charge < -0.3 is 9.47 Å². The van der Waals surface area contributed by atoms with Crippen molar-refractivity contribution in [2.45, 2.75) is 188 Å². The van der Waals surface area contributed by atoms with Gasteiger partial charge in [0.05, 0.1) is 19.1 Å². The Kier molecular flexibility index (Phi) is 29.6. The van der Waals surface area contributed by atoms with Gasteiger partial charge in [-0.2, -0.15) is 0 Å². The Balaban J connectivity index is 4.18. The topological polar surface area (TPSA) is 52.6 Å². The fourth-order valence-corrected chi connectivity index (χ4v) is 5.06. The fraction of sp³-hybridized carbons (Fsp3) is 0.941. The van der Waals surface area contributed by atoms with Gasteiger partial charge in [-0.1, -0.05) is 149 Å². The van der Waals surface area contributed by atoms with Crippen molar-refractivity contribution in [3.05, 3.63) is 0 Å². The molecule has 1 unspecified atom stereocenters. The summed E-state index contributed by atoms with van der Waals surface area (Å²) in [6, 6.07) is 0. The van der Waals surface area contributed by atoms with Crippen LogP contribution in [-0.4, -0.2) is 25.2 Å². The predicted molar refractivity (Wildman–Crippen MR) is 162 cm³/mol. The lowest BCUT2D eigenvalue weighted by atomic mass is 9.95. The normalized spacial score (nSPS) is 12.0. The third kappa shape index (κ3) is 26.5. The van der Waals surface area contributed by atoms with E-state index in [2.05, 4.69) is 20.8 Å². The second-order valence-corrected chi connectivity index (χ2v) is 11.5. The maximum Gasteiger partial charge on any atom is 0.308 e. The summed E-state index contributed by atoms with van der Waals surface area (Å²) in [5.41, 5.74) is 0. The molecule has 0 N–H and O–H groups in total. The summed E-state index contributed by atoms with van der Waals surface area (Å²) in [7, 11) is 0. The zero-order valence-electron chi connectivity index (χ0n) is 26.0. The summed E-state index contributed by atoms with van der Waals surface area (Å²) in [5.74, 6) is -0.234. The molecule has 4 heteroatoms. The van der Waals surface area contributed by atoms with Crippen molar-refractivity contribution in [1.82, 2.24) is 0 Å². The Labute approximate surface area is 237 Å². The smallest absolute Gasteiger partial charge is 0.308 e. The second kappa shape index (κ2) is 30.5. The molecule has 0 aromatic rings. The van der Waals surface area contributed by atoms with Crippen molar-refractivity contribution in [3.63, 3.8) is 0 Å². The van der Waals surface area contributed by atoms with Gasteiger partial charge in [0.2, 0.25) is 0 Å². The van der Waals surface area contributed by atoms with Crippen LogP contribution in [0.15, 0.2) is 0 Å². The van der Waals surface area contributed by atoms with Gasteiger partial charge in [-0.15, -0.1) is 0 Å². The molecule has 0 spiro atoms. The minimum Gasteiger partial charge on any atom is -0.466 e.